The normalized spacial score (nSPS) is 11.2. The van der Waals surface area contributed by atoms with Gasteiger partial charge in [-0.3, -0.25) is 19.6 Å². The van der Waals surface area contributed by atoms with Crippen molar-refractivity contribution in [2.75, 3.05) is 0 Å². The molecule has 15 heteroatoms. The van der Waals surface area contributed by atoms with Crippen LogP contribution in [0.4, 0.5) is 0 Å². The number of benzene rings is 13. The van der Waals surface area contributed by atoms with Crippen LogP contribution in [0.2, 0.25) is 0 Å². The maximum absolute atomic E-state index is 11.2. The van der Waals surface area contributed by atoms with Crippen LogP contribution in [-0.4, -0.2) is 56.3 Å². The number of fused-ring (bicyclic) bond motifs is 7. The van der Waals surface area contributed by atoms with Gasteiger partial charge < -0.3 is 39.1 Å². The molecule has 3 radical (unpaired) electrons. The molecule has 12 nitrogen and oxygen atoms in total. The number of ketones is 2. The van der Waals surface area contributed by atoms with E-state index < -0.39 is 0 Å². The number of hydrogen-bond donors (Lipinski definition) is 2. The van der Waals surface area contributed by atoms with Crippen LogP contribution in [0.5, 0.6) is 0 Å². The quantitative estimate of drug-likeness (QED) is 0.0385. The number of para-hydroxylation sites is 4. The molecule has 0 bridgehead atoms. The van der Waals surface area contributed by atoms with Crippen LogP contribution in [-0.2, 0) is 75.3 Å². The smallest absolute Gasteiger partial charge is 0.159 e. The number of aromatic nitrogens is 7. The summed E-state index contributed by atoms with van der Waals surface area (Å²) in [6.07, 6.45) is 11.2. The number of hydrogen-bond acceptors (Lipinski definition) is 11. The molecule has 0 unspecified atom stereocenters. The van der Waals surface area contributed by atoms with E-state index in [1.54, 1.807) is 6.20 Å². The van der Waals surface area contributed by atoms with E-state index in [2.05, 4.69) is 353 Å². The third kappa shape index (κ3) is 29.4. The number of carbonyl (C=O) groups is 2. The standard InChI is InChI=1S/C31H27N2O.C28H27N2.C21H20N.C20H14N.C11H8N.C11H20O2.C5H8O2.3Ir/c1-19(2)21-12-9-13-22(20(3)4)29(21)33-27-17-7-6-16-26(27)32-31(33)25-15-10-14-24-23-11-5-8-18-28(23)34-30(24)25;1-17-10-18(2)13-23(12-17)27-28(24-14-19(3)11-20(4)15-24)30-25(16-29-27)26-21(5)8-7-9-22(26)6;1-21(2,3)19-12-13-20(22-15-19)18-11-7-10-17(14-18)16-8-5-4-6-9-16;1-14-5-4-7-16(11-14)20-12-19-17(13-21-20)10-9-15-6-2-3-8-18(15)19;1-2-6-10(7-3-1)11-8-4-5-9-12-11;1-8(2)5-10(12)7-11(13)6-9(3)4;1-4(6)3-5(2)7;;;/h5-14,16-20H,1-4H3;7-12,14-16H,1-6H3;4-10,12-15H,1-3H3;2-6,8-13H,1H3;1-6,8-9H;7-9,12H,5-6H2,1-4H3;3,6H,1-2H3;;;/q5*-1;;;;;. The zero-order valence-corrected chi connectivity index (χ0v) is 91.8. The summed E-state index contributed by atoms with van der Waals surface area (Å²) in [5.74, 6) is 2.52. The van der Waals surface area contributed by atoms with Crippen molar-refractivity contribution >= 4 is 66.1 Å². The van der Waals surface area contributed by atoms with E-state index in [0.717, 1.165) is 117 Å². The molecule has 142 heavy (non-hydrogen) atoms. The van der Waals surface area contributed by atoms with Gasteiger partial charge in [0.1, 0.15) is 5.58 Å². The van der Waals surface area contributed by atoms with Crippen molar-refractivity contribution in [3.8, 4) is 95.7 Å². The Hall–Kier alpha value is -13.5. The van der Waals surface area contributed by atoms with Crippen molar-refractivity contribution in [2.24, 2.45) is 11.8 Å². The van der Waals surface area contributed by atoms with Crippen molar-refractivity contribution < 1.29 is 84.5 Å². The summed E-state index contributed by atoms with van der Waals surface area (Å²) in [5, 5.41) is 24.8. The summed E-state index contributed by atoms with van der Waals surface area (Å²) in [4.78, 5) is 49.9. The molecule has 0 atom stereocenters. The summed E-state index contributed by atoms with van der Waals surface area (Å²) < 4.78 is 8.73. The third-order valence-corrected chi connectivity index (χ3v) is 23.4. The van der Waals surface area contributed by atoms with E-state index in [-0.39, 0.29) is 88.8 Å². The minimum Gasteiger partial charge on any atom is -0.512 e. The van der Waals surface area contributed by atoms with Gasteiger partial charge in [0.05, 0.1) is 45.3 Å². The van der Waals surface area contributed by atoms with Crippen LogP contribution in [0.3, 0.4) is 0 Å². The van der Waals surface area contributed by atoms with Gasteiger partial charge >= 0.3 is 0 Å². The average Bonchev–Trinajstić information content (AvgIpc) is 1.57. The molecule has 0 fully saturated rings. The van der Waals surface area contributed by atoms with Gasteiger partial charge in [-0.1, -0.05) is 301 Å². The van der Waals surface area contributed by atoms with Gasteiger partial charge in [0, 0.05) is 132 Å². The first-order valence-corrected chi connectivity index (χ1v) is 47.7. The fraction of sp³-hybridized carbons (Fsp3) is 0.213. The number of aliphatic hydroxyl groups excluding tert-OH is 2. The maximum Gasteiger partial charge on any atom is 0.159 e. The second-order valence-corrected chi connectivity index (χ2v) is 38.0. The number of furan rings is 1. The Morgan fingerprint density at radius 2 is 1.03 bits per heavy atom. The molecule has 0 spiro atoms. The van der Waals surface area contributed by atoms with E-state index in [9.17, 15) is 14.7 Å². The van der Waals surface area contributed by atoms with Crippen LogP contribution in [0.15, 0.2) is 344 Å². The molecule has 19 aromatic rings. The Kier molecular flexibility index (Phi) is 40.3. The second kappa shape index (κ2) is 51.8. The molecule has 729 valence electrons. The Balaban J connectivity index is 0.000000177. The molecule has 0 aliphatic heterocycles. The zero-order valence-electron chi connectivity index (χ0n) is 84.7. The predicted octanol–water partition coefficient (Wildman–Crippen LogP) is 33.1. The number of aryl methyl sites for hydroxylation is 7. The van der Waals surface area contributed by atoms with Gasteiger partial charge in [-0.25, -0.2) is 0 Å². The Bertz CT molecular complexity index is 7420. The van der Waals surface area contributed by atoms with Gasteiger partial charge in [0.25, 0.3) is 0 Å². The van der Waals surface area contributed by atoms with E-state index in [0.29, 0.717) is 36.5 Å². The topological polar surface area (TPSA) is 170 Å². The zero-order chi connectivity index (χ0) is 99.1. The molecule has 19 rings (SSSR count). The summed E-state index contributed by atoms with van der Waals surface area (Å²) in [6.45, 7) is 41.3. The van der Waals surface area contributed by atoms with E-state index in [1.165, 1.54) is 114 Å². The van der Waals surface area contributed by atoms with Crippen LogP contribution in [0.25, 0.3) is 150 Å². The van der Waals surface area contributed by atoms with E-state index in [4.69, 9.17) is 24.5 Å². The molecular weight excluding hydrogens is 2280 g/mol. The molecule has 13 aromatic carbocycles. The van der Waals surface area contributed by atoms with Crippen molar-refractivity contribution in [1.29, 1.82) is 0 Å². The summed E-state index contributed by atoms with van der Waals surface area (Å²) in [6, 6.07) is 117. The van der Waals surface area contributed by atoms with Gasteiger partial charge in [-0.15, -0.1) is 160 Å². The molecule has 0 saturated heterocycles. The van der Waals surface area contributed by atoms with Crippen molar-refractivity contribution in [3.05, 3.63) is 426 Å². The average molecular weight is 2410 g/mol. The van der Waals surface area contributed by atoms with Crippen LogP contribution in [0.1, 0.15) is 170 Å². The molecule has 0 saturated carbocycles. The number of nitrogens with zero attached hydrogens (tertiary/aromatic N) is 7. The minimum absolute atomic E-state index is 0. The molecule has 0 aliphatic carbocycles. The van der Waals surface area contributed by atoms with Crippen molar-refractivity contribution in [1.82, 2.24) is 34.5 Å². The maximum atomic E-state index is 11.2. The minimum atomic E-state index is -0.125. The molecule has 6 heterocycles. The number of rotatable bonds is 17. The number of imidazole rings is 1. The number of pyridine rings is 3. The first-order valence-electron chi connectivity index (χ1n) is 47.7. The Labute approximate surface area is 879 Å². The van der Waals surface area contributed by atoms with Crippen molar-refractivity contribution in [2.45, 2.75) is 169 Å². The van der Waals surface area contributed by atoms with E-state index >= 15 is 0 Å². The molecule has 0 aliphatic rings. The largest absolute Gasteiger partial charge is 0.512 e. The van der Waals surface area contributed by atoms with Crippen LogP contribution >= 0.6 is 0 Å². The second-order valence-electron chi connectivity index (χ2n) is 38.0. The van der Waals surface area contributed by atoms with Gasteiger partial charge in [0.2, 0.25) is 0 Å². The van der Waals surface area contributed by atoms with Gasteiger partial charge in [-0.2, -0.15) is 0 Å². The fourth-order valence-corrected chi connectivity index (χ4v) is 17.0. The predicted molar refractivity (Wildman–Crippen MR) is 578 cm³/mol. The molecular formula is C127H124Ir3N7O5-5. The number of aliphatic hydroxyl groups is 2. The first kappa shape index (κ1) is 111. The molecule has 6 aromatic heterocycles. The third-order valence-electron chi connectivity index (χ3n) is 23.4. The summed E-state index contributed by atoms with van der Waals surface area (Å²) in [7, 11) is 0. The van der Waals surface area contributed by atoms with Crippen LogP contribution in [0, 0.1) is 90.6 Å². The van der Waals surface area contributed by atoms with Crippen LogP contribution < -0.4 is 0 Å². The SMILES string of the molecule is CC(=O)C=C(C)O.CC(C)(C)c1ccc(-c2[c-]ccc(-c3ccccc3)c2)nc1.CC(C)CC(=O)C=C(O)CC(C)C.CC(C)c1cccc(C(C)C)c1-n1c(-c2[c-]ccc3c2oc2ccccc23)nc2ccccc21.Cc1[c-]c(-c2ncc(-c3c(C)cccc3C)nc2-c2cc(C)cc(C)c2)cc(C)c1.Cc1cc[c-]c(-c2cc3c(ccc4ccccc43)cn2)c1.[Ir].[Ir].[Ir].[c-]1ccccc1-c1ccccn1. The van der Waals surface area contributed by atoms with Gasteiger partial charge in [-0.05, 0) is 172 Å². The number of carbonyl (C=O) groups excluding carboxylic acids is 2. The monoisotopic (exact) mass is 2410 g/mol. The fourth-order valence-electron chi connectivity index (χ4n) is 17.0. The first-order chi connectivity index (χ1) is 66.7. The summed E-state index contributed by atoms with van der Waals surface area (Å²) in [5.41, 5.74) is 32.6. The Morgan fingerprint density at radius 1 is 0.430 bits per heavy atom. The summed E-state index contributed by atoms with van der Waals surface area (Å²) >= 11 is 0. The Morgan fingerprint density at radius 3 is 1.65 bits per heavy atom. The van der Waals surface area contributed by atoms with E-state index in [1.807, 2.05) is 131 Å². The number of allylic oxidation sites excluding steroid dienone is 4. The molecule has 2 N–H and O–H groups in total. The van der Waals surface area contributed by atoms with Gasteiger partial charge in [0.15, 0.2) is 11.6 Å². The van der Waals surface area contributed by atoms with Crippen molar-refractivity contribution in [3.63, 3.8) is 0 Å². The molecule has 0 amide bonds.